The second-order valence-corrected chi connectivity index (χ2v) is 3.52. The molecule has 2 nitrogen and oxygen atoms in total. The van der Waals surface area contributed by atoms with Crippen molar-refractivity contribution in [3.8, 4) is 0 Å². The monoisotopic (exact) mass is 198 g/mol. The summed E-state index contributed by atoms with van der Waals surface area (Å²) in [5.41, 5.74) is 9.14. The van der Waals surface area contributed by atoms with Crippen molar-refractivity contribution in [2.24, 2.45) is 5.73 Å². The minimum Gasteiger partial charge on any atom is -0.326 e. The van der Waals surface area contributed by atoms with E-state index in [1.165, 1.54) is 24.1 Å². The van der Waals surface area contributed by atoms with Crippen molar-refractivity contribution in [2.45, 2.75) is 32.2 Å². The summed E-state index contributed by atoms with van der Waals surface area (Å²) in [6.07, 6.45) is 2.61. The van der Waals surface area contributed by atoms with Gasteiger partial charge in [-0.25, -0.2) is 0 Å². The second kappa shape index (κ2) is 4.07. The van der Waals surface area contributed by atoms with Gasteiger partial charge in [0.1, 0.15) is 0 Å². The van der Waals surface area contributed by atoms with Gasteiger partial charge < -0.3 is 5.73 Å². The van der Waals surface area contributed by atoms with Gasteiger partial charge in [0, 0.05) is 23.9 Å². The van der Waals surface area contributed by atoms with Crippen LogP contribution in [0.25, 0.3) is 0 Å². The van der Waals surface area contributed by atoms with E-state index in [0.29, 0.717) is 6.54 Å². The highest BCUT2D eigenvalue weighted by molar-refractivity contribution is 5.85. The molecule has 0 radical (unpaired) electrons. The molecule has 0 bridgehead atoms. The molecule has 13 heavy (non-hydrogen) atoms. The van der Waals surface area contributed by atoms with E-state index in [4.69, 9.17) is 5.73 Å². The molecule has 2 N–H and O–H groups in total. The predicted octanol–water partition coefficient (Wildman–Crippen LogP) is 2.15. The summed E-state index contributed by atoms with van der Waals surface area (Å²) < 4.78 is 0. The molecule has 0 amide bonds. The molecule has 1 fully saturated rings. The number of hydrogen-bond donors (Lipinski definition) is 1. The van der Waals surface area contributed by atoms with Crippen LogP contribution in [0.4, 0.5) is 0 Å². The second-order valence-electron chi connectivity index (χ2n) is 3.52. The van der Waals surface area contributed by atoms with E-state index in [2.05, 4.69) is 17.1 Å². The van der Waals surface area contributed by atoms with Crippen LogP contribution in [0.3, 0.4) is 0 Å². The number of aromatic nitrogens is 1. The Morgan fingerprint density at radius 3 is 2.69 bits per heavy atom. The number of nitrogens with two attached hydrogens (primary N) is 1. The Labute approximate surface area is 85.0 Å². The summed E-state index contributed by atoms with van der Waals surface area (Å²) in [7, 11) is 0. The van der Waals surface area contributed by atoms with E-state index < -0.39 is 0 Å². The van der Waals surface area contributed by atoms with Gasteiger partial charge in [-0.05, 0) is 37.5 Å². The smallest absolute Gasteiger partial charge is 0.0440 e. The van der Waals surface area contributed by atoms with Crippen molar-refractivity contribution in [1.82, 2.24) is 4.98 Å². The summed E-state index contributed by atoms with van der Waals surface area (Å²) in [6.45, 7) is 2.66. The predicted molar refractivity (Wildman–Crippen MR) is 56.1 cm³/mol. The molecule has 72 valence electrons. The number of halogens is 1. The van der Waals surface area contributed by atoms with Crippen LogP contribution in [0.2, 0.25) is 0 Å². The average Bonchev–Trinajstić information content (AvgIpc) is 2.85. The first-order valence-electron chi connectivity index (χ1n) is 4.47. The van der Waals surface area contributed by atoms with Crippen LogP contribution in [-0.2, 0) is 6.54 Å². The van der Waals surface area contributed by atoms with E-state index in [1.807, 2.05) is 6.92 Å². The van der Waals surface area contributed by atoms with Gasteiger partial charge in [0.2, 0.25) is 0 Å². The van der Waals surface area contributed by atoms with Gasteiger partial charge in [0.25, 0.3) is 0 Å². The number of pyridine rings is 1. The summed E-state index contributed by atoms with van der Waals surface area (Å²) in [5, 5.41) is 0. The van der Waals surface area contributed by atoms with Crippen molar-refractivity contribution in [1.29, 1.82) is 0 Å². The molecule has 1 aliphatic rings. The van der Waals surface area contributed by atoms with Gasteiger partial charge in [-0.2, -0.15) is 0 Å². The Bertz CT molecular complexity index is 295. The van der Waals surface area contributed by atoms with Gasteiger partial charge in [0.15, 0.2) is 0 Å². The topological polar surface area (TPSA) is 38.9 Å². The van der Waals surface area contributed by atoms with Gasteiger partial charge in [-0.3, -0.25) is 4.98 Å². The number of aryl methyl sites for hydroxylation is 1. The minimum absolute atomic E-state index is 0. The molecule has 0 spiro atoms. The lowest BCUT2D eigenvalue weighted by Crippen LogP contribution is -2.00. The molecular weight excluding hydrogens is 184 g/mol. The van der Waals surface area contributed by atoms with Crippen molar-refractivity contribution >= 4 is 12.4 Å². The third kappa shape index (κ3) is 2.42. The molecule has 0 aliphatic heterocycles. The molecule has 0 aromatic carbocycles. The zero-order valence-electron chi connectivity index (χ0n) is 7.79. The SMILES string of the molecule is Cc1cc(CN)cc(C2CC2)n1.Cl. The van der Waals surface area contributed by atoms with Gasteiger partial charge in [-0.1, -0.05) is 0 Å². The third-order valence-electron chi connectivity index (χ3n) is 2.26. The Morgan fingerprint density at radius 1 is 1.46 bits per heavy atom. The van der Waals surface area contributed by atoms with Crippen LogP contribution < -0.4 is 5.73 Å². The quantitative estimate of drug-likeness (QED) is 0.791. The summed E-state index contributed by atoms with van der Waals surface area (Å²) >= 11 is 0. The summed E-state index contributed by atoms with van der Waals surface area (Å²) in [5.74, 6) is 0.732. The van der Waals surface area contributed by atoms with Crippen LogP contribution in [0, 0.1) is 6.92 Å². The van der Waals surface area contributed by atoms with Crippen LogP contribution in [0.15, 0.2) is 12.1 Å². The lowest BCUT2D eigenvalue weighted by Gasteiger charge is -2.03. The van der Waals surface area contributed by atoms with E-state index in [1.54, 1.807) is 0 Å². The van der Waals surface area contributed by atoms with E-state index in [-0.39, 0.29) is 12.4 Å². The Morgan fingerprint density at radius 2 is 2.15 bits per heavy atom. The van der Waals surface area contributed by atoms with Crippen LogP contribution in [-0.4, -0.2) is 4.98 Å². The highest BCUT2D eigenvalue weighted by atomic mass is 35.5. The first kappa shape index (κ1) is 10.5. The highest BCUT2D eigenvalue weighted by Crippen LogP contribution is 2.39. The average molecular weight is 199 g/mol. The van der Waals surface area contributed by atoms with Crippen LogP contribution >= 0.6 is 12.4 Å². The fourth-order valence-electron chi connectivity index (χ4n) is 1.47. The Balaban J connectivity index is 0.000000845. The van der Waals surface area contributed by atoms with Crippen molar-refractivity contribution in [3.63, 3.8) is 0 Å². The maximum atomic E-state index is 5.58. The zero-order valence-corrected chi connectivity index (χ0v) is 8.60. The highest BCUT2D eigenvalue weighted by Gasteiger charge is 2.25. The fraction of sp³-hybridized carbons (Fsp3) is 0.500. The molecule has 1 heterocycles. The standard InChI is InChI=1S/C10H14N2.ClH/c1-7-4-8(6-11)5-10(12-7)9-2-3-9;/h4-5,9H,2-3,6,11H2,1H3;1H. The zero-order chi connectivity index (χ0) is 8.55. The van der Waals surface area contributed by atoms with Crippen molar-refractivity contribution in [3.05, 3.63) is 29.1 Å². The molecular formula is C10H15ClN2. The largest absolute Gasteiger partial charge is 0.326 e. The summed E-state index contributed by atoms with van der Waals surface area (Å²) in [6, 6.07) is 4.20. The first-order chi connectivity index (χ1) is 5.79. The normalized spacial score (nSPS) is 15.2. The first-order valence-corrected chi connectivity index (χ1v) is 4.47. The van der Waals surface area contributed by atoms with E-state index in [9.17, 15) is 0 Å². The lowest BCUT2D eigenvalue weighted by atomic mass is 10.1. The van der Waals surface area contributed by atoms with Crippen LogP contribution in [0.1, 0.15) is 35.7 Å². The minimum atomic E-state index is 0. The van der Waals surface area contributed by atoms with Gasteiger partial charge in [0.05, 0.1) is 0 Å². The van der Waals surface area contributed by atoms with Crippen LogP contribution in [0.5, 0.6) is 0 Å². The molecule has 2 rings (SSSR count). The van der Waals surface area contributed by atoms with E-state index >= 15 is 0 Å². The fourth-order valence-corrected chi connectivity index (χ4v) is 1.47. The number of nitrogens with zero attached hydrogens (tertiary/aromatic N) is 1. The Kier molecular flexibility index (Phi) is 3.28. The lowest BCUT2D eigenvalue weighted by molar-refractivity contribution is 0.958. The Hall–Kier alpha value is -0.600. The molecule has 0 saturated heterocycles. The molecule has 1 aromatic rings. The maximum Gasteiger partial charge on any atom is 0.0440 e. The van der Waals surface area contributed by atoms with Gasteiger partial charge >= 0.3 is 0 Å². The molecule has 3 heteroatoms. The number of hydrogen-bond acceptors (Lipinski definition) is 2. The maximum absolute atomic E-state index is 5.58. The molecule has 1 aliphatic carbocycles. The number of rotatable bonds is 2. The third-order valence-corrected chi connectivity index (χ3v) is 2.26. The molecule has 0 unspecified atom stereocenters. The summed E-state index contributed by atoms with van der Waals surface area (Å²) in [4.78, 5) is 4.49. The van der Waals surface area contributed by atoms with Crippen molar-refractivity contribution in [2.75, 3.05) is 0 Å². The van der Waals surface area contributed by atoms with Gasteiger partial charge in [-0.15, -0.1) is 12.4 Å². The van der Waals surface area contributed by atoms with Crippen molar-refractivity contribution < 1.29 is 0 Å². The molecule has 1 aromatic heterocycles. The van der Waals surface area contributed by atoms with E-state index in [0.717, 1.165) is 11.6 Å². The molecule has 1 saturated carbocycles. The molecule has 0 atom stereocenters.